The third-order valence-electron chi connectivity index (χ3n) is 8.66. The number of nitrogens with zero attached hydrogens (tertiary/aromatic N) is 2. The molecule has 0 saturated carbocycles. The molecule has 2 atom stereocenters. The normalized spacial score (nSPS) is 20.8. The van der Waals surface area contributed by atoms with E-state index >= 15 is 0 Å². The van der Waals surface area contributed by atoms with Crippen LogP contribution in [0.25, 0.3) is 0 Å². The molecule has 2 rings (SSSR count). The van der Waals surface area contributed by atoms with Gasteiger partial charge < -0.3 is 9.47 Å². The number of rotatable bonds is 26. The Morgan fingerprint density at radius 3 is 1.24 bits per heavy atom. The third kappa shape index (κ3) is 14.8. The van der Waals surface area contributed by atoms with Crippen LogP contribution >= 0.6 is 0 Å². The van der Waals surface area contributed by atoms with E-state index in [0.29, 0.717) is 26.3 Å². The maximum Gasteiger partial charge on any atom is 0.214 e. The number of hydrogen-bond donors (Lipinski definition) is 0. The summed E-state index contributed by atoms with van der Waals surface area (Å²) < 4.78 is 66.6. The van der Waals surface area contributed by atoms with Crippen LogP contribution in [0, 0.1) is 0 Å². The quantitative estimate of drug-likeness (QED) is 0.0774. The van der Waals surface area contributed by atoms with Crippen molar-refractivity contribution < 1.29 is 26.3 Å². The topological polar surface area (TPSA) is 93.2 Å². The molecule has 0 bridgehead atoms. The van der Waals surface area contributed by atoms with Gasteiger partial charge in [-0.3, -0.25) is 0 Å². The Hall–Kier alpha value is -0.260. The van der Waals surface area contributed by atoms with Gasteiger partial charge in [0.25, 0.3) is 0 Å². The first-order valence-electron chi connectivity index (χ1n) is 17.0. The summed E-state index contributed by atoms with van der Waals surface area (Å²) in [7, 11) is -6.54. The van der Waals surface area contributed by atoms with Crippen LogP contribution in [0.4, 0.5) is 0 Å². The van der Waals surface area contributed by atoms with Crippen LogP contribution in [0.15, 0.2) is 0 Å². The average molecular weight is 623 g/mol. The lowest BCUT2D eigenvalue weighted by Gasteiger charge is -2.25. The summed E-state index contributed by atoms with van der Waals surface area (Å²) in [6, 6.07) is -0.264. The first-order chi connectivity index (χ1) is 19.8. The highest BCUT2D eigenvalue weighted by Gasteiger charge is 2.35. The monoisotopic (exact) mass is 622 g/mol. The Balaban J connectivity index is 1.60. The Labute approximate surface area is 253 Å². The maximum atomic E-state index is 13.0. The van der Waals surface area contributed by atoms with Crippen LogP contribution in [0.1, 0.15) is 142 Å². The minimum atomic E-state index is -3.27. The largest absolute Gasteiger partial charge is 0.354 e. The van der Waals surface area contributed by atoms with Crippen LogP contribution in [0.3, 0.4) is 0 Å². The molecule has 0 aromatic carbocycles. The molecule has 2 heterocycles. The first-order valence-corrected chi connectivity index (χ1v) is 20.2. The van der Waals surface area contributed by atoms with Crippen molar-refractivity contribution in [1.82, 2.24) is 8.61 Å². The molecule has 2 saturated heterocycles. The highest BCUT2D eigenvalue weighted by molar-refractivity contribution is 7.89. The van der Waals surface area contributed by atoms with Gasteiger partial charge in [-0.05, 0) is 38.5 Å². The third-order valence-corrected chi connectivity index (χ3v) is 12.7. The Morgan fingerprint density at radius 2 is 0.878 bits per heavy atom. The maximum absolute atomic E-state index is 13.0. The molecule has 0 spiro atoms. The van der Waals surface area contributed by atoms with Crippen LogP contribution in [-0.2, 0) is 29.5 Å². The second kappa shape index (κ2) is 21.4. The predicted molar refractivity (Wildman–Crippen MR) is 169 cm³/mol. The van der Waals surface area contributed by atoms with E-state index < -0.39 is 20.0 Å². The molecule has 41 heavy (non-hydrogen) atoms. The van der Waals surface area contributed by atoms with Gasteiger partial charge in [-0.15, -0.1) is 0 Å². The van der Waals surface area contributed by atoms with Crippen molar-refractivity contribution in [2.45, 2.75) is 154 Å². The fourth-order valence-electron chi connectivity index (χ4n) is 6.18. The number of ether oxygens (including phenoxy) is 2. The molecule has 0 N–H and O–H groups in total. The molecule has 2 fully saturated rings. The summed E-state index contributed by atoms with van der Waals surface area (Å²) in [6.45, 7) is 6.27. The molecule has 0 radical (unpaired) electrons. The molecule has 0 aromatic rings. The molecular weight excluding hydrogens is 560 g/mol. The van der Waals surface area contributed by atoms with E-state index in [-0.39, 0.29) is 30.4 Å². The van der Waals surface area contributed by atoms with E-state index in [4.69, 9.17) is 9.47 Å². The zero-order valence-corrected chi connectivity index (χ0v) is 28.0. The summed E-state index contributed by atoms with van der Waals surface area (Å²) in [5, 5.41) is 0. The molecule has 244 valence electrons. The molecule has 0 amide bonds. The Bertz CT molecular complexity index is 798. The van der Waals surface area contributed by atoms with Gasteiger partial charge in [0, 0.05) is 25.2 Å². The predicted octanol–water partition coefficient (Wildman–Crippen LogP) is 6.85. The molecule has 10 heteroatoms. The van der Waals surface area contributed by atoms with Crippen LogP contribution in [0.2, 0.25) is 0 Å². The standard InChI is InChI=1S/C31H62N2O6S2/c1-3-5-7-9-11-13-15-17-25-40(34,35)32-23-19-21-30(32)27-38-29-39-28-31-22-20-24-33(31)41(36,37)26-18-16-14-12-10-8-6-4-2/h30-31H,3-29H2,1-2H3/t30-,31-/m0/s1. The van der Waals surface area contributed by atoms with Crippen molar-refractivity contribution in [2.24, 2.45) is 0 Å². The summed E-state index contributed by atoms with van der Waals surface area (Å²) in [6.07, 6.45) is 21.5. The molecule has 2 aliphatic rings. The van der Waals surface area contributed by atoms with Crippen molar-refractivity contribution in [2.75, 3.05) is 44.6 Å². The molecule has 0 aliphatic carbocycles. The lowest BCUT2D eigenvalue weighted by Crippen LogP contribution is -2.40. The summed E-state index contributed by atoms with van der Waals surface area (Å²) >= 11 is 0. The van der Waals surface area contributed by atoms with Crippen molar-refractivity contribution in [3.05, 3.63) is 0 Å². The SMILES string of the molecule is CCCCCCCCCCS(=O)(=O)N1CCC[C@H]1COCOC[C@@H]1CCCN1S(=O)(=O)CCCCCCCCCC. The van der Waals surface area contributed by atoms with Crippen LogP contribution < -0.4 is 0 Å². The van der Waals surface area contributed by atoms with E-state index in [1.807, 2.05) is 0 Å². The second-order valence-electron chi connectivity index (χ2n) is 12.3. The lowest BCUT2D eigenvalue weighted by molar-refractivity contribution is -0.0707. The van der Waals surface area contributed by atoms with E-state index in [1.165, 1.54) is 64.2 Å². The van der Waals surface area contributed by atoms with Gasteiger partial charge in [0.15, 0.2) is 0 Å². The van der Waals surface area contributed by atoms with E-state index in [2.05, 4.69) is 13.8 Å². The fraction of sp³-hybridized carbons (Fsp3) is 1.00. The van der Waals surface area contributed by atoms with Crippen molar-refractivity contribution >= 4 is 20.0 Å². The van der Waals surface area contributed by atoms with Gasteiger partial charge >= 0.3 is 0 Å². The first kappa shape index (κ1) is 36.9. The lowest BCUT2D eigenvalue weighted by atomic mass is 10.1. The summed E-state index contributed by atoms with van der Waals surface area (Å²) in [5.41, 5.74) is 0. The zero-order chi connectivity index (χ0) is 29.8. The molecule has 0 unspecified atom stereocenters. The molecule has 2 aliphatic heterocycles. The van der Waals surface area contributed by atoms with Crippen LogP contribution in [-0.4, -0.2) is 82.1 Å². The number of sulfonamides is 2. The minimum absolute atomic E-state index is 0.0604. The molecule has 0 aromatic heterocycles. The van der Waals surface area contributed by atoms with E-state index in [0.717, 1.165) is 64.2 Å². The summed E-state index contributed by atoms with van der Waals surface area (Å²) in [5.74, 6) is 0.444. The summed E-state index contributed by atoms with van der Waals surface area (Å²) in [4.78, 5) is 0. The number of unbranched alkanes of at least 4 members (excludes halogenated alkanes) is 14. The van der Waals surface area contributed by atoms with Gasteiger partial charge in [-0.1, -0.05) is 104 Å². The van der Waals surface area contributed by atoms with Crippen molar-refractivity contribution in [3.63, 3.8) is 0 Å². The van der Waals surface area contributed by atoms with Crippen molar-refractivity contribution in [3.8, 4) is 0 Å². The van der Waals surface area contributed by atoms with Crippen molar-refractivity contribution in [1.29, 1.82) is 0 Å². The van der Waals surface area contributed by atoms with Crippen LogP contribution in [0.5, 0.6) is 0 Å². The van der Waals surface area contributed by atoms with E-state index in [9.17, 15) is 16.8 Å². The Morgan fingerprint density at radius 1 is 0.537 bits per heavy atom. The van der Waals surface area contributed by atoms with Gasteiger partial charge in [-0.25, -0.2) is 16.8 Å². The smallest absolute Gasteiger partial charge is 0.214 e. The minimum Gasteiger partial charge on any atom is -0.354 e. The Kier molecular flexibility index (Phi) is 19.3. The molecule has 8 nitrogen and oxygen atoms in total. The number of hydrogen-bond acceptors (Lipinski definition) is 6. The van der Waals surface area contributed by atoms with Gasteiger partial charge in [-0.2, -0.15) is 8.61 Å². The van der Waals surface area contributed by atoms with E-state index in [1.54, 1.807) is 8.61 Å². The highest BCUT2D eigenvalue weighted by Crippen LogP contribution is 2.24. The zero-order valence-electron chi connectivity index (χ0n) is 26.4. The van der Waals surface area contributed by atoms with Gasteiger partial charge in [0.05, 0.1) is 24.7 Å². The average Bonchev–Trinajstić information content (AvgIpc) is 3.62. The van der Waals surface area contributed by atoms with Gasteiger partial charge in [0.2, 0.25) is 20.0 Å². The second-order valence-corrected chi connectivity index (χ2v) is 16.3. The van der Waals surface area contributed by atoms with Gasteiger partial charge in [0.1, 0.15) is 6.79 Å². The fourth-order valence-corrected chi connectivity index (χ4v) is 9.84. The highest BCUT2D eigenvalue weighted by atomic mass is 32.2. The molecular formula is C31H62N2O6S2.